The van der Waals surface area contributed by atoms with Crippen molar-refractivity contribution in [3.63, 3.8) is 0 Å². The SMILES string of the molecule is C=C(CC(C(=O)OCC)c1ccc2nc(N)nc(C(=O)N3Cc4ccccc4C3)c2c1)C(N)=O. The molecular weight excluding hydrogens is 434 g/mol. The monoisotopic (exact) mass is 459 g/mol. The number of amides is 2. The van der Waals surface area contributed by atoms with Crippen LogP contribution in [0.3, 0.4) is 0 Å². The van der Waals surface area contributed by atoms with Crippen LogP contribution in [0, 0.1) is 0 Å². The molecule has 1 unspecified atom stereocenters. The van der Waals surface area contributed by atoms with E-state index < -0.39 is 17.8 Å². The van der Waals surface area contributed by atoms with E-state index in [2.05, 4.69) is 16.5 Å². The predicted octanol–water partition coefficient (Wildman–Crippen LogP) is 2.45. The molecule has 4 rings (SSSR count). The fraction of sp³-hybridized carbons (Fsp3) is 0.240. The van der Waals surface area contributed by atoms with Gasteiger partial charge in [0.05, 0.1) is 18.0 Å². The molecule has 0 spiro atoms. The number of aromatic nitrogens is 2. The molecule has 1 aliphatic heterocycles. The molecule has 1 atom stereocenters. The lowest BCUT2D eigenvalue weighted by atomic mass is 9.91. The van der Waals surface area contributed by atoms with Crippen LogP contribution in [-0.2, 0) is 27.4 Å². The molecule has 0 aliphatic carbocycles. The summed E-state index contributed by atoms with van der Waals surface area (Å²) in [5, 5.41) is 0.451. The van der Waals surface area contributed by atoms with Gasteiger partial charge in [0, 0.05) is 24.0 Å². The highest BCUT2D eigenvalue weighted by Crippen LogP contribution is 2.30. The van der Waals surface area contributed by atoms with Gasteiger partial charge in [0.1, 0.15) is 5.69 Å². The molecule has 0 bridgehead atoms. The number of carbonyl (C=O) groups is 3. The van der Waals surface area contributed by atoms with Gasteiger partial charge >= 0.3 is 5.97 Å². The van der Waals surface area contributed by atoms with E-state index in [1.807, 2.05) is 24.3 Å². The summed E-state index contributed by atoms with van der Waals surface area (Å²) in [6.45, 7) is 6.46. The maximum Gasteiger partial charge on any atom is 0.313 e. The summed E-state index contributed by atoms with van der Waals surface area (Å²) in [6.07, 6.45) is -0.0137. The minimum Gasteiger partial charge on any atom is -0.466 e. The standard InChI is InChI=1S/C25H25N5O4/c1-3-34-24(33)18(10-14(2)22(26)31)15-8-9-20-19(11-15)21(29-25(27)28-20)23(32)30-12-16-6-4-5-7-17(16)13-30/h4-9,11,18H,2-3,10,12-13H2,1H3,(H2,26,31)(H2,27,28,29). The van der Waals surface area contributed by atoms with Gasteiger partial charge in [-0.15, -0.1) is 0 Å². The van der Waals surface area contributed by atoms with E-state index in [1.54, 1.807) is 30.0 Å². The molecule has 1 aromatic heterocycles. The van der Waals surface area contributed by atoms with Gasteiger partial charge in [-0.2, -0.15) is 0 Å². The highest BCUT2D eigenvalue weighted by Gasteiger charge is 2.29. The molecule has 0 saturated heterocycles. The minimum absolute atomic E-state index is 0.0137. The summed E-state index contributed by atoms with van der Waals surface area (Å²) >= 11 is 0. The lowest BCUT2D eigenvalue weighted by Crippen LogP contribution is -2.27. The number of fused-ring (bicyclic) bond motifs is 2. The molecule has 1 aliphatic rings. The Hall–Kier alpha value is -4.27. The summed E-state index contributed by atoms with van der Waals surface area (Å²) in [5.74, 6) is -2.37. The number of nitrogens with zero attached hydrogens (tertiary/aromatic N) is 3. The van der Waals surface area contributed by atoms with Crippen molar-refractivity contribution in [1.29, 1.82) is 0 Å². The van der Waals surface area contributed by atoms with Crippen molar-refractivity contribution in [2.24, 2.45) is 5.73 Å². The predicted molar refractivity (Wildman–Crippen MR) is 126 cm³/mol. The highest BCUT2D eigenvalue weighted by molar-refractivity contribution is 6.05. The van der Waals surface area contributed by atoms with Crippen molar-refractivity contribution in [3.05, 3.63) is 77.0 Å². The summed E-state index contributed by atoms with van der Waals surface area (Å²) in [6, 6.07) is 12.9. The number of nitrogens with two attached hydrogens (primary N) is 2. The average molecular weight is 460 g/mol. The number of ether oxygens (including phenoxy) is 1. The van der Waals surface area contributed by atoms with Crippen molar-refractivity contribution < 1.29 is 19.1 Å². The van der Waals surface area contributed by atoms with Crippen LogP contribution < -0.4 is 11.5 Å². The molecule has 2 heterocycles. The quantitative estimate of drug-likeness (QED) is 0.408. The van der Waals surface area contributed by atoms with E-state index in [-0.39, 0.29) is 36.2 Å². The zero-order chi connectivity index (χ0) is 24.4. The first-order chi connectivity index (χ1) is 16.3. The van der Waals surface area contributed by atoms with Gasteiger partial charge in [0.15, 0.2) is 0 Å². The first kappa shape index (κ1) is 22.9. The summed E-state index contributed by atoms with van der Waals surface area (Å²) < 4.78 is 5.21. The Morgan fingerprint density at radius 2 is 1.79 bits per heavy atom. The van der Waals surface area contributed by atoms with Gasteiger partial charge < -0.3 is 21.1 Å². The number of rotatable bonds is 7. The number of benzene rings is 2. The Morgan fingerprint density at radius 3 is 2.41 bits per heavy atom. The van der Waals surface area contributed by atoms with E-state index in [0.29, 0.717) is 29.6 Å². The molecular formula is C25H25N5O4. The van der Waals surface area contributed by atoms with Gasteiger partial charge in [0.25, 0.3) is 5.91 Å². The normalized spacial score (nSPS) is 13.4. The van der Waals surface area contributed by atoms with Crippen LogP contribution in [0.25, 0.3) is 10.9 Å². The molecule has 0 radical (unpaired) electrons. The molecule has 174 valence electrons. The molecule has 0 fully saturated rings. The number of esters is 1. The third-order valence-corrected chi connectivity index (χ3v) is 5.84. The van der Waals surface area contributed by atoms with Crippen molar-refractivity contribution in [3.8, 4) is 0 Å². The van der Waals surface area contributed by atoms with Crippen LogP contribution in [0.5, 0.6) is 0 Å². The van der Waals surface area contributed by atoms with Crippen LogP contribution in [0.4, 0.5) is 5.95 Å². The molecule has 9 heteroatoms. The topological polar surface area (TPSA) is 141 Å². The smallest absolute Gasteiger partial charge is 0.313 e. The van der Waals surface area contributed by atoms with E-state index >= 15 is 0 Å². The minimum atomic E-state index is -0.833. The second-order valence-electron chi connectivity index (χ2n) is 8.11. The van der Waals surface area contributed by atoms with Crippen molar-refractivity contribution in [2.45, 2.75) is 32.4 Å². The molecule has 2 aromatic carbocycles. The fourth-order valence-corrected chi connectivity index (χ4v) is 4.10. The second kappa shape index (κ2) is 9.30. The van der Waals surface area contributed by atoms with E-state index in [0.717, 1.165) is 11.1 Å². The maximum absolute atomic E-state index is 13.5. The molecule has 34 heavy (non-hydrogen) atoms. The number of nitrogen functional groups attached to an aromatic ring is 1. The zero-order valence-corrected chi connectivity index (χ0v) is 18.8. The third kappa shape index (κ3) is 4.45. The van der Waals surface area contributed by atoms with E-state index in [9.17, 15) is 14.4 Å². The van der Waals surface area contributed by atoms with E-state index in [4.69, 9.17) is 16.2 Å². The van der Waals surface area contributed by atoms with Crippen molar-refractivity contribution >= 4 is 34.6 Å². The first-order valence-electron chi connectivity index (χ1n) is 10.9. The first-order valence-corrected chi connectivity index (χ1v) is 10.9. The lowest BCUT2D eigenvalue weighted by molar-refractivity contribution is -0.144. The van der Waals surface area contributed by atoms with Crippen LogP contribution in [0.15, 0.2) is 54.6 Å². The second-order valence-corrected chi connectivity index (χ2v) is 8.11. The van der Waals surface area contributed by atoms with E-state index in [1.165, 1.54) is 0 Å². The number of hydrogen-bond acceptors (Lipinski definition) is 7. The Morgan fingerprint density at radius 1 is 1.12 bits per heavy atom. The molecule has 0 saturated carbocycles. The Kier molecular flexibility index (Phi) is 6.27. The van der Waals surface area contributed by atoms with Crippen LogP contribution in [-0.4, -0.2) is 39.3 Å². The fourth-order valence-electron chi connectivity index (χ4n) is 4.10. The Bertz CT molecular complexity index is 1290. The third-order valence-electron chi connectivity index (χ3n) is 5.84. The average Bonchev–Trinajstić information content (AvgIpc) is 3.25. The number of carbonyl (C=O) groups excluding carboxylic acids is 3. The zero-order valence-electron chi connectivity index (χ0n) is 18.8. The van der Waals surface area contributed by atoms with Gasteiger partial charge in [-0.05, 0) is 42.2 Å². The van der Waals surface area contributed by atoms with Crippen molar-refractivity contribution in [1.82, 2.24) is 14.9 Å². The Balaban J connectivity index is 1.75. The van der Waals surface area contributed by atoms with Gasteiger partial charge in [-0.1, -0.05) is 36.9 Å². The van der Waals surface area contributed by atoms with Gasteiger partial charge in [-0.3, -0.25) is 14.4 Å². The van der Waals surface area contributed by atoms with Gasteiger partial charge in [-0.25, -0.2) is 9.97 Å². The largest absolute Gasteiger partial charge is 0.466 e. The van der Waals surface area contributed by atoms with Crippen molar-refractivity contribution in [2.75, 3.05) is 12.3 Å². The summed E-state index contributed by atoms with van der Waals surface area (Å²) in [4.78, 5) is 47.9. The number of hydrogen-bond donors (Lipinski definition) is 2. The van der Waals surface area contributed by atoms with Crippen LogP contribution in [0.2, 0.25) is 0 Å². The summed E-state index contributed by atoms with van der Waals surface area (Å²) in [5.41, 5.74) is 14.6. The number of primary amides is 1. The molecule has 9 nitrogen and oxygen atoms in total. The van der Waals surface area contributed by atoms with Gasteiger partial charge in [0.2, 0.25) is 11.9 Å². The van der Waals surface area contributed by atoms with Crippen LogP contribution >= 0.6 is 0 Å². The molecule has 4 N–H and O–H groups in total. The Labute approximate surface area is 196 Å². The summed E-state index contributed by atoms with van der Waals surface area (Å²) in [7, 11) is 0. The molecule has 2 amide bonds. The lowest BCUT2D eigenvalue weighted by Gasteiger charge is -2.19. The highest BCUT2D eigenvalue weighted by atomic mass is 16.5. The molecule has 3 aromatic rings. The maximum atomic E-state index is 13.5. The van der Waals surface area contributed by atoms with Crippen LogP contribution in [0.1, 0.15) is 46.4 Å². The number of anilines is 1.